The van der Waals surface area contributed by atoms with Crippen molar-refractivity contribution in [3.8, 4) is 16.9 Å². The van der Waals surface area contributed by atoms with Crippen LogP contribution in [0.4, 0.5) is 5.69 Å². The second-order valence-corrected chi connectivity index (χ2v) is 8.26. The molecule has 0 bridgehead atoms. The van der Waals surface area contributed by atoms with Gasteiger partial charge in [0.2, 0.25) is 0 Å². The van der Waals surface area contributed by atoms with Crippen molar-refractivity contribution in [2.24, 2.45) is 5.10 Å². The minimum Gasteiger partial charge on any atom is -0.502 e. The molecular weight excluding hydrogens is 446 g/mol. The number of phenols is 1. The summed E-state index contributed by atoms with van der Waals surface area (Å²) in [6, 6.07) is 13.2. The molecule has 0 fully saturated rings. The Bertz CT molecular complexity index is 1460. The fourth-order valence-corrected chi connectivity index (χ4v) is 4.34. The Morgan fingerprint density at radius 3 is 2.79 bits per heavy atom. The number of aromatic hydroxyl groups is 1. The third-order valence-corrected chi connectivity index (χ3v) is 5.84. The second kappa shape index (κ2) is 9.01. The highest BCUT2D eigenvalue weighted by atomic mass is 32.1. The molecule has 4 rings (SSSR count). The zero-order valence-corrected chi connectivity index (χ0v) is 18.1. The number of carbonyl (C=O) groups excluding carboxylic acids is 1. The minimum atomic E-state index is -0.726. The van der Waals surface area contributed by atoms with Gasteiger partial charge in [-0.2, -0.15) is 5.10 Å². The number of aryl methyl sites for hydroxylation is 1. The number of phenolic OH excluding ortho intramolecular Hbond substituents is 1. The Labute approximate surface area is 190 Å². The number of nitro groups is 1. The van der Waals surface area contributed by atoms with Gasteiger partial charge >= 0.3 is 5.69 Å². The van der Waals surface area contributed by atoms with Crippen LogP contribution in [0.15, 0.2) is 64.8 Å². The highest BCUT2D eigenvalue weighted by Gasteiger charge is 2.17. The smallest absolute Gasteiger partial charge is 0.311 e. The first-order valence-electron chi connectivity index (χ1n) is 9.68. The van der Waals surface area contributed by atoms with E-state index in [1.165, 1.54) is 34.5 Å². The van der Waals surface area contributed by atoms with E-state index in [2.05, 4.69) is 15.5 Å². The van der Waals surface area contributed by atoms with Gasteiger partial charge < -0.3 is 5.11 Å². The van der Waals surface area contributed by atoms with Gasteiger partial charge in [0.05, 0.1) is 22.9 Å². The maximum Gasteiger partial charge on any atom is 0.311 e. The fourth-order valence-electron chi connectivity index (χ4n) is 3.34. The number of amides is 1. The lowest BCUT2D eigenvalue weighted by Gasteiger charge is -2.06. The molecular formula is C22H17N5O5S. The van der Waals surface area contributed by atoms with Gasteiger partial charge in [0.1, 0.15) is 11.4 Å². The Morgan fingerprint density at radius 1 is 1.30 bits per heavy atom. The Kier molecular flexibility index (Phi) is 5.96. The van der Waals surface area contributed by atoms with E-state index >= 15 is 0 Å². The molecule has 0 saturated heterocycles. The molecule has 4 aromatic rings. The number of hydrazone groups is 1. The van der Waals surface area contributed by atoms with Crippen molar-refractivity contribution in [3.63, 3.8) is 0 Å². The van der Waals surface area contributed by atoms with Crippen molar-refractivity contribution in [1.82, 2.24) is 15.0 Å². The number of carbonyl (C=O) groups is 1. The van der Waals surface area contributed by atoms with Crippen molar-refractivity contribution in [1.29, 1.82) is 0 Å². The van der Waals surface area contributed by atoms with E-state index in [9.17, 15) is 24.8 Å². The predicted octanol–water partition coefficient (Wildman–Crippen LogP) is 3.20. The number of thiophene rings is 1. The summed E-state index contributed by atoms with van der Waals surface area (Å²) in [5, 5.41) is 24.6. The molecule has 166 valence electrons. The van der Waals surface area contributed by atoms with Gasteiger partial charge in [0, 0.05) is 22.1 Å². The number of nitro benzene ring substituents is 1. The van der Waals surface area contributed by atoms with Crippen molar-refractivity contribution in [2.45, 2.75) is 13.5 Å². The quantitative estimate of drug-likeness (QED) is 0.256. The van der Waals surface area contributed by atoms with E-state index in [-0.39, 0.29) is 12.1 Å². The summed E-state index contributed by atoms with van der Waals surface area (Å²) in [5.41, 5.74) is 3.48. The molecule has 0 saturated carbocycles. The largest absolute Gasteiger partial charge is 0.502 e. The van der Waals surface area contributed by atoms with Crippen molar-refractivity contribution in [2.75, 3.05) is 0 Å². The van der Waals surface area contributed by atoms with Gasteiger partial charge in [0.25, 0.3) is 11.5 Å². The van der Waals surface area contributed by atoms with Gasteiger partial charge in [-0.05, 0) is 24.6 Å². The SMILES string of the molecule is Cc1sc2ncn(CC(=O)N/N=C\c3ccc(O)c([N+](=O)[O-])c3)c(=O)c2c1-c1ccccc1. The minimum absolute atomic E-state index is 0.307. The third kappa shape index (κ3) is 4.48. The highest BCUT2D eigenvalue weighted by molar-refractivity contribution is 7.19. The Hall–Kier alpha value is -4.38. The molecule has 1 amide bonds. The molecule has 0 spiro atoms. The van der Waals surface area contributed by atoms with E-state index in [0.29, 0.717) is 15.8 Å². The first-order valence-corrected chi connectivity index (χ1v) is 10.5. The number of fused-ring (bicyclic) bond motifs is 1. The number of nitrogens with one attached hydrogen (secondary N) is 1. The van der Waals surface area contributed by atoms with Crippen LogP contribution in [-0.2, 0) is 11.3 Å². The number of aromatic nitrogens is 2. The lowest BCUT2D eigenvalue weighted by atomic mass is 10.0. The van der Waals surface area contributed by atoms with Crippen LogP contribution in [0.3, 0.4) is 0 Å². The summed E-state index contributed by atoms with van der Waals surface area (Å²) >= 11 is 1.42. The molecule has 0 aliphatic rings. The average Bonchev–Trinajstić information content (AvgIpc) is 3.14. The molecule has 0 atom stereocenters. The third-order valence-electron chi connectivity index (χ3n) is 4.83. The van der Waals surface area contributed by atoms with E-state index in [0.717, 1.165) is 28.1 Å². The summed E-state index contributed by atoms with van der Waals surface area (Å²) in [6.45, 7) is 1.62. The summed E-state index contributed by atoms with van der Waals surface area (Å²) in [4.78, 5) is 41.5. The molecule has 2 aromatic carbocycles. The van der Waals surface area contributed by atoms with Crippen LogP contribution in [0.25, 0.3) is 21.3 Å². The van der Waals surface area contributed by atoms with Crippen LogP contribution in [0.2, 0.25) is 0 Å². The normalized spacial score (nSPS) is 11.2. The lowest BCUT2D eigenvalue weighted by Crippen LogP contribution is -2.30. The zero-order chi connectivity index (χ0) is 23.5. The van der Waals surface area contributed by atoms with Crippen LogP contribution in [0.1, 0.15) is 10.4 Å². The number of hydrogen-bond acceptors (Lipinski definition) is 8. The van der Waals surface area contributed by atoms with Gasteiger partial charge in [-0.1, -0.05) is 30.3 Å². The van der Waals surface area contributed by atoms with Crippen LogP contribution in [0.5, 0.6) is 5.75 Å². The Balaban J connectivity index is 1.55. The van der Waals surface area contributed by atoms with Crippen LogP contribution in [0, 0.1) is 17.0 Å². The van der Waals surface area contributed by atoms with Crippen molar-refractivity contribution >= 4 is 39.4 Å². The standard InChI is InChI=1S/C22H17N5O5S/c1-13-19(15-5-3-2-4-6-15)20-21(33-13)23-12-26(22(20)30)11-18(29)25-24-10-14-7-8-17(28)16(9-14)27(31)32/h2-10,12,28H,11H2,1H3,(H,25,29)/b24-10-. The van der Waals surface area contributed by atoms with Gasteiger partial charge in [-0.3, -0.25) is 24.3 Å². The van der Waals surface area contributed by atoms with Crippen LogP contribution >= 0.6 is 11.3 Å². The number of nitrogens with zero attached hydrogens (tertiary/aromatic N) is 4. The predicted molar refractivity (Wildman–Crippen MR) is 125 cm³/mol. The lowest BCUT2D eigenvalue weighted by molar-refractivity contribution is -0.385. The average molecular weight is 463 g/mol. The van der Waals surface area contributed by atoms with Crippen LogP contribution in [-0.4, -0.2) is 31.7 Å². The van der Waals surface area contributed by atoms with Crippen molar-refractivity contribution in [3.05, 3.63) is 85.8 Å². The second-order valence-electron chi connectivity index (χ2n) is 7.06. The highest BCUT2D eigenvalue weighted by Crippen LogP contribution is 2.35. The summed E-state index contributed by atoms with van der Waals surface area (Å²) in [5.74, 6) is -1.04. The molecule has 11 heteroatoms. The monoisotopic (exact) mass is 463 g/mol. The Morgan fingerprint density at radius 2 is 2.06 bits per heavy atom. The topological polar surface area (TPSA) is 140 Å². The fraction of sp³-hybridized carbons (Fsp3) is 0.0909. The molecule has 2 heterocycles. The molecule has 2 aromatic heterocycles. The molecule has 2 N–H and O–H groups in total. The van der Waals surface area contributed by atoms with Gasteiger partial charge in [-0.25, -0.2) is 10.4 Å². The summed E-state index contributed by atoms with van der Waals surface area (Å²) < 4.78 is 1.21. The number of rotatable bonds is 6. The summed E-state index contributed by atoms with van der Waals surface area (Å²) in [6.07, 6.45) is 2.52. The molecule has 0 unspecified atom stereocenters. The molecule has 0 aliphatic heterocycles. The first-order chi connectivity index (χ1) is 15.8. The van der Waals surface area contributed by atoms with E-state index < -0.39 is 22.3 Å². The molecule has 33 heavy (non-hydrogen) atoms. The maximum atomic E-state index is 13.1. The molecule has 0 aliphatic carbocycles. The van der Waals surface area contributed by atoms with E-state index in [4.69, 9.17) is 0 Å². The van der Waals surface area contributed by atoms with E-state index in [1.54, 1.807) is 0 Å². The molecule has 10 nitrogen and oxygen atoms in total. The maximum absolute atomic E-state index is 13.1. The summed E-state index contributed by atoms with van der Waals surface area (Å²) in [7, 11) is 0. The van der Waals surface area contributed by atoms with Gasteiger partial charge in [-0.15, -0.1) is 11.3 Å². The zero-order valence-electron chi connectivity index (χ0n) is 17.3. The first kappa shape index (κ1) is 21.8. The number of benzene rings is 2. The van der Waals surface area contributed by atoms with Crippen LogP contribution < -0.4 is 11.0 Å². The number of hydrogen-bond donors (Lipinski definition) is 2. The molecule has 0 radical (unpaired) electrons. The van der Waals surface area contributed by atoms with E-state index in [1.807, 2.05) is 37.3 Å². The van der Waals surface area contributed by atoms with Crippen molar-refractivity contribution < 1.29 is 14.8 Å². The van der Waals surface area contributed by atoms with Gasteiger partial charge in [0.15, 0.2) is 5.75 Å².